The first kappa shape index (κ1) is 17.2. The highest BCUT2D eigenvalue weighted by Gasteiger charge is 2.24. The number of hydrogen-bond acceptors (Lipinski definition) is 2. The molecule has 3 nitrogen and oxygen atoms in total. The monoisotopic (exact) mass is 408 g/mol. The van der Waals surface area contributed by atoms with Gasteiger partial charge in [-0.1, -0.05) is 53.2 Å². The van der Waals surface area contributed by atoms with Gasteiger partial charge in [-0.15, -0.1) is 0 Å². The van der Waals surface area contributed by atoms with Crippen LogP contribution in [0, 0.1) is 5.92 Å². The quantitative estimate of drug-likeness (QED) is 0.557. The Morgan fingerprint density at radius 2 is 1.96 bits per heavy atom. The van der Waals surface area contributed by atoms with Crippen molar-refractivity contribution in [2.45, 2.75) is 19.8 Å². The van der Waals surface area contributed by atoms with E-state index in [9.17, 15) is 4.79 Å². The molecule has 2 aromatic carbocycles. The van der Waals surface area contributed by atoms with Gasteiger partial charge in [-0.3, -0.25) is 4.79 Å². The van der Waals surface area contributed by atoms with Crippen LogP contribution in [0.2, 0.25) is 0 Å². The van der Waals surface area contributed by atoms with E-state index in [0.717, 1.165) is 51.7 Å². The van der Waals surface area contributed by atoms with Crippen molar-refractivity contribution in [1.29, 1.82) is 0 Å². The zero-order valence-electron chi connectivity index (χ0n) is 14.8. The van der Waals surface area contributed by atoms with Crippen molar-refractivity contribution in [1.82, 2.24) is 9.88 Å². The van der Waals surface area contributed by atoms with Gasteiger partial charge in [0.05, 0.1) is 16.8 Å². The van der Waals surface area contributed by atoms with E-state index < -0.39 is 0 Å². The summed E-state index contributed by atoms with van der Waals surface area (Å²) in [6, 6.07) is 17.9. The number of rotatable bonds is 2. The number of amides is 1. The molecule has 1 atom stereocenters. The van der Waals surface area contributed by atoms with Crippen LogP contribution in [0.25, 0.3) is 22.2 Å². The lowest BCUT2D eigenvalue weighted by molar-refractivity contribution is 0.0685. The maximum Gasteiger partial charge on any atom is 0.254 e. The summed E-state index contributed by atoms with van der Waals surface area (Å²) < 4.78 is 0.959. The lowest BCUT2D eigenvalue weighted by Gasteiger charge is -2.31. The van der Waals surface area contributed by atoms with Gasteiger partial charge in [0.25, 0.3) is 5.91 Å². The molecule has 3 aromatic rings. The zero-order chi connectivity index (χ0) is 18.1. The number of nitrogens with zero attached hydrogens (tertiary/aromatic N) is 2. The number of fused-ring (bicyclic) bond motifs is 1. The Bertz CT molecular complexity index is 955. The second-order valence-corrected chi connectivity index (χ2v) is 8.00. The lowest BCUT2D eigenvalue weighted by atomic mass is 9.98. The molecule has 2 heterocycles. The Hall–Kier alpha value is -2.20. The molecule has 4 rings (SSSR count). The normalized spacial score (nSPS) is 17.5. The summed E-state index contributed by atoms with van der Waals surface area (Å²) in [5.41, 5.74) is 3.46. The third-order valence-electron chi connectivity index (χ3n) is 5.01. The molecule has 1 unspecified atom stereocenters. The van der Waals surface area contributed by atoms with Crippen molar-refractivity contribution in [2.24, 2.45) is 5.92 Å². The molecule has 1 aliphatic rings. The molecule has 0 saturated carbocycles. The van der Waals surface area contributed by atoms with E-state index >= 15 is 0 Å². The van der Waals surface area contributed by atoms with Gasteiger partial charge in [-0.05, 0) is 43.0 Å². The van der Waals surface area contributed by atoms with Crippen molar-refractivity contribution < 1.29 is 4.79 Å². The predicted molar refractivity (Wildman–Crippen MR) is 109 cm³/mol. The summed E-state index contributed by atoms with van der Waals surface area (Å²) in [4.78, 5) is 20.1. The van der Waals surface area contributed by atoms with E-state index in [4.69, 9.17) is 4.98 Å². The van der Waals surface area contributed by atoms with Gasteiger partial charge >= 0.3 is 0 Å². The summed E-state index contributed by atoms with van der Waals surface area (Å²) in [6.45, 7) is 3.88. The Balaban J connectivity index is 1.85. The van der Waals surface area contributed by atoms with Crippen LogP contribution in [0.1, 0.15) is 30.1 Å². The molecule has 1 fully saturated rings. The molecule has 0 radical (unpaired) electrons. The first-order valence-corrected chi connectivity index (χ1v) is 9.86. The van der Waals surface area contributed by atoms with Gasteiger partial charge in [0.15, 0.2) is 0 Å². The van der Waals surface area contributed by atoms with Crippen LogP contribution in [0.15, 0.2) is 59.1 Å². The van der Waals surface area contributed by atoms with Gasteiger partial charge < -0.3 is 4.90 Å². The fourth-order valence-corrected chi connectivity index (χ4v) is 4.04. The summed E-state index contributed by atoms with van der Waals surface area (Å²) >= 11 is 3.53. The van der Waals surface area contributed by atoms with Crippen molar-refractivity contribution in [2.75, 3.05) is 13.1 Å². The molecular formula is C22H21BrN2O. The van der Waals surface area contributed by atoms with Crippen LogP contribution in [0.5, 0.6) is 0 Å². The van der Waals surface area contributed by atoms with Crippen LogP contribution in [-0.4, -0.2) is 28.9 Å². The molecule has 1 aromatic heterocycles. The lowest BCUT2D eigenvalue weighted by Crippen LogP contribution is -2.39. The number of pyridine rings is 1. The average molecular weight is 409 g/mol. The highest BCUT2D eigenvalue weighted by Crippen LogP contribution is 2.29. The highest BCUT2D eigenvalue weighted by molar-refractivity contribution is 9.10. The molecule has 0 aliphatic carbocycles. The Morgan fingerprint density at radius 1 is 1.15 bits per heavy atom. The average Bonchev–Trinajstić information content (AvgIpc) is 2.67. The summed E-state index contributed by atoms with van der Waals surface area (Å²) in [5.74, 6) is 0.667. The maximum absolute atomic E-state index is 13.3. The number of piperidine rings is 1. The van der Waals surface area contributed by atoms with E-state index in [-0.39, 0.29) is 5.91 Å². The van der Waals surface area contributed by atoms with E-state index in [0.29, 0.717) is 5.92 Å². The minimum absolute atomic E-state index is 0.110. The third kappa shape index (κ3) is 3.38. The van der Waals surface area contributed by atoms with E-state index in [1.54, 1.807) is 0 Å². The minimum Gasteiger partial charge on any atom is -0.338 e. The molecule has 1 saturated heterocycles. The van der Waals surface area contributed by atoms with E-state index in [1.165, 1.54) is 6.42 Å². The standard InChI is InChI=1S/C22H21BrN2O/c1-15-6-5-11-25(14-15)22(26)19-13-21(16-7-3-2-4-8-16)24-20-10-9-17(23)12-18(19)20/h2-4,7-10,12-13,15H,5-6,11,14H2,1H3. The van der Waals surface area contributed by atoms with Gasteiger partial charge in [-0.2, -0.15) is 0 Å². The number of carbonyl (C=O) groups excluding carboxylic acids is 1. The summed E-state index contributed by atoms with van der Waals surface area (Å²) in [5, 5.41) is 0.905. The Morgan fingerprint density at radius 3 is 2.73 bits per heavy atom. The van der Waals surface area contributed by atoms with E-state index in [2.05, 4.69) is 22.9 Å². The van der Waals surface area contributed by atoms with Gasteiger partial charge in [0.2, 0.25) is 0 Å². The molecule has 1 amide bonds. The molecule has 132 valence electrons. The first-order chi connectivity index (χ1) is 12.6. The number of halogens is 1. The van der Waals surface area contributed by atoms with Crippen LogP contribution < -0.4 is 0 Å². The molecule has 1 aliphatic heterocycles. The van der Waals surface area contributed by atoms with Crippen molar-refractivity contribution in [3.63, 3.8) is 0 Å². The topological polar surface area (TPSA) is 33.2 Å². The van der Waals surface area contributed by atoms with Gasteiger partial charge in [0.1, 0.15) is 0 Å². The molecule has 0 N–H and O–H groups in total. The number of aromatic nitrogens is 1. The molecular weight excluding hydrogens is 388 g/mol. The van der Waals surface area contributed by atoms with Crippen molar-refractivity contribution in [3.05, 3.63) is 64.6 Å². The molecule has 4 heteroatoms. The summed E-state index contributed by atoms with van der Waals surface area (Å²) in [6.07, 6.45) is 2.27. The van der Waals surface area contributed by atoms with Crippen LogP contribution >= 0.6 is 15.9 Å². The maximum atomic E-state index is 13.3. The molecule has 0 spiro atoms. The Labute approximate surface area is 162 Å². The predicted octanol–water partition coefficient (Wildman–Crippen LogP) is 5.54. The minimum atomic E-state index is 0.110. The van der Waals surface area contributed by atoms with E-state index in [1.807, 2.05) is 59.5 Å². The van der Waals surface area contributed by atoms with Gasteiger partial charge in [0, 0.05) is 28.5 Å². The van der Waals surface area contributed by atoms with Crippen LogP contribution in [0.4, 0.5) is 0 Å². The van der Waals surface area contributed by atoms with Crippen molar-refractivity contribution in [3.8, 4) is 11.3 Å². The fraction of sp³-hybridized carbons (Fsp3) is 0.273. The number of likely N-dealkylation sites (tertiary alicyclic amines) is 1. The van der Waals surface area contributed by atoms with Crippen LogP contribution in [-0.2, 0) is 0 Å². The summed E-state index contributed by atoms with van der Waals surface area (Å²) in [7, 11) is 0. The largest absolute Gasteiger partial charge is 0.338 e. The number of carbonyl (C=O) groups is 1. The number of benzene rings is 2. The Kier molecular flexibility index (Phi) is 4.77. The van der Waals surface area contributed by atoms with Crippen molar-refractivity contribution >= 4 is 32.7 Å². The first-order valence-electron chi connectivity index (χ1n) is 9.07. The van der Waals surface area contributed by atoms with Gasteiger partial charge in [-0.25, -0.2) is 4.98 Å². The fourth-order valence-electron chi connectivity index (χ4n) is 3.68. The van der Waals surface area contributed by atoms with Crippen LogP contribution in [0.3, 0.4) is 0 Å². The second-order valence-electron chi connectivity index (χ2n) is 7.08. The zero-order valence-corrected chi connectivity index (χ0v) is 16.4. The molecule has 0 bridgehead atoms. The second kappa shape index (κ2) is 7.20. The molecule has 26 heavy (non-hydrogen) atoms. The SMILES string of the molecule is CC1CCCN(C(=O)c2cc(-c3ccccc3)nc3ccc(Br)cc23)C1. The smallest absolute Gasteiger partial charge is 0.254 e. The highest BCUT2D eigenvalue weighted by atomic mass is 79.9. The third-order valence-corrected chi connectivity index (χ3v) is 5.51. The number of hydrogen-bond donors (Lipinski definition) is 0.